The monoisotopic (exact) mass is 201 g/mol. The van der Waals surface area contributed by atoms with Gasteiger partial charge in [-0.25, -0.2) is 4.79 Å². The van der Waals surface area contributed by atoms with Crippen molar-refractivity contribution in [3.8, 4) is 0 Å². The smallest absolute Gasteiger partial charge is 0.319 e. The molecule has 0 N–H and O–H groups in total. The first-order valence-electron chi connectivity index (χ1n) is 5.02. The molecule has 14 heavy (non-hydrogen) atoms. The van der Waals surface area contributed by atoms with Gasteiger partial charge in [-0.05, 0) is 27.9 Å². The molecule has 0 heterocycles. The van der Waals surface area contributed by atoms with Gasteiger partial charge in [0.15, 0.2) is 0 Å². The Kier molecular flexibility index (Phi) is 5.53. The highest BCUT2D eigenvalue weighted by atomic mass is 16.2. The Morgan fingerprint density at radius 1 is 1.21 bits per heavy atom. The van der Waals surface area contributed by atoms with Gasteiger partial charge in [0.2, 0.25) is 0 Å². The minimum absolute atomic E-state index is 0.0850. The van der Waals surface area contributed by atoms with E-state index in [2.05, 4.69) is 11.8 Å². The average Bonchev–Trinajstić information content (AvgIpc) is 2.03. The minimum atomic E-state index is 0.0850. The minimum Gasteiger partial charge on any atom is -0.331 e. The van der Waals surface area contributed by atoms with E-state index in [4.69, 9.17) is 0 Å². The van der Waals surface area contributed by atoms with Crippen molar-refractivity contribution in [1.82, 2.24) is 14.7 Å². The Bertz CT molecular complexity index is 180. The molecular formula is C10H23N3O. The summed E-state index contributed by atoms with van der Waals surface area (Å²) in [5.74, 6) is 0. The first-order valence-corrected chi connectivity index (χ1v) is 5.02. The quantitative estimate of drug-likeness (QED) is 0.677. The van der Waals surface area contributed by atoms with E-state index in [9.17, 15) is 4.79 Å². The zero-order chi connectivity index (χ0) is 11.3. The number of carbonyl (C=O) groups is 1. The number of nitrogens with zero attached hydrogens (tertiary/aromatic N) is 3. The van der Waals surface area contributed by atoms with E-state index in [1.165, 1.54) is 0 Å². The van der Waals surface area contributed by atoms with Crippen LogP contribution in [0.4, 0.5) is 4.79 Å². The molecule has 0 fully saturated rings. The molecule has 0 bridgehead atoms. The molecule has 0 rings (SSSR count). The first kappa shape index (κ1) is 13.2. The van der Waals surface area contributed by atoms with E-state index in [-0.39, 0.29) is 12.1 Å². The fourth-order valence-corrected chi connectivity index (χ4v) is 1.52. The number of urea groups is 1. The van der Waals surface area contributed by atoms with Crippen molar-refractivity contribution in [3.05, 3.63) is 0 Å². The molecule has 2 amide bonds. The number of carbonyl (C=O) groups excluding carboxylic acids is 1. The third kappa shape index (κ3) is 3.96. The lowest BCUT2D eigenvalue weighted by molar-refractivity contribution is 0.145. The second-order valence-electron chi connectivity index (χ2n) is 4.07. The Morgan fingerprint density at radius 2 is 1.71 bits per heavy atom. The van der Waals surface area contributed by atoms with Crippen molar-refractivity contribution >= 4 is 6.03 Å². The molecule has 0 aliphatic carbocycles. The van der Waals surface area contributed by atoms with E-state index < -0.39 is 0 Å². The zero-order valence-electron chi connectivity index (χ0n) is 10.2. The maximum Gasteiger partial charge on any atom is 0.319 e. The number of likely N-dealkylation sites (N-methyl/N-ethyl adjacent to an activating group) is 2. The van der Waals surface area contributed by atoms with E-state index in [1.54, 1.807) is 19.0 Å². The second kappa shape index (κ2) is 5.86. The van der Waals surface area contributed by atoms with Gasteiger partial charge in [0.25, 0.3) is 0 Å². The molecule has 84 valence electrons. The summed E-state index contributed by atoms with van der Waals surface area (Å²) in [5.41, 5.74) is 0. The molecule has 0 aromatic heterocycles. The molecule has 0 aliphatic rings. The Hall–Kier alpha value is -0.770. The zero-order valence-corrected chi connectivity index (χ0v) is 10.2. The number of amides is 2. The lowest BCUT2D eigenvalue weighted by Gasteiger charge is -2.32. The first-order chi connectivity index (χ1) is 6.40. The highest BCUT2D eigenvalue weighted by molar-refractivity contribution is 5.74. The van der Waals surface area contributed by atoms with Gasteiger partial charge >= 0.3 is 6.03 Å². The summed E-state index contributed by atoms with van der Waals surface area (Å²) in [6, 6.07) is 0.340. The second-order valence-corrected chi connectivity index (χ2v) is 4.07. The summed E-state index contributed by atoms with van der Waals surface area (Å²) in [5, 5.41) is 0. The Balaban J connectivity index is 4.32. The van der Waals surface area contributed by atoms with Crippen molar-refractivity contribution in [2.75, 3.05) is 41.3 Å². The standard InChI is InChI=1S/C10H23N3O/c1-7-13(10(14)12(5)6)9(2)8-11(3)4/h9H,7-8H2,1-6H3. The van der Waals surface area contributed by atoms with E-state index >= 15 is 0 Å². The lowest BCUT2D eigenvalue weighted by atomic mass is 10.3. The predicted molar refractivity (Wildman–Crippen MR) is 59.5 cm³/mol. The maximum atomic E-state index is 11.7. The van der Waals surface area contributed by atoms with Crippen molar-refractivity contribution < 1.29 is 4.79 Å². The van der Waals surface area contributed by atoms with Crippen LogP contribution >= 0.6 is 0 Å². The molecule has 0 aliphatic heterocycles. The summed E-state index contributed by atoms with van der Waals surface area (Å²) in [6.07, 6.45) is 0. The van der Waals surface area contributed by atoms with Crippen LogP contribution in [0, 0.1) is 0 Å². The van der Waals surface area contributed by atoms with E-state index in [0.717, 1.165) is 13.1 Å². The SMILES string of the molecule is CCN(C(=O)N(C)C)C(C)CN(C)C. The van der Waals surface area contributed by atoms with Gasteiger partial charge < -0.3 is 14.7 Å². The number of hydrogen-bond donors (Lipinski definition) is 0. The molecule has 1 atom stereocenters. The van der Waals surface area contributed by atoms with E-state index in [1.807, 2.05) is 25.9 Å². The molecule has 0 radical (unpaired) electrons. The van der Waals surface area contributed by atoms with Crippen LogP contribution in [0.1, 0.15) is 13.8 Å². The molecular weight excluding hydrogens is 178 g/mol. The largest absolute Gasteiger partial charge is 0.331 e. The maximum absolute atomic E-state index is 11.7. The van der Waals surface area contributed by atoms with Crippen molar-refractivity contribution in [2.24, 2.45) is 0 Å². The van der Waals surface area contributed by atoms with Crippen LogP contribution in [0.15, 0.2) is 0 Å². The van der Waals surface area contributed by atoms with Crippen molar-refractivity contribution in [1.29, 1.82) is 0 Å². The van der Waals surface area contributed by atoms with Gasteiger partial charge in [0, 0.05) is 33.2 Å². The number of rotatable bonds is 4. The summed E-state index contributed by atoms with van der Waals surface area (Å²) in [6.45, 7) is 5.73. The predicted octanol–water partition coefficient (Wildman–Crippen LogP) is 0.940. The molecule has 1 unspecified atom stereocenters. The molecule has 4 nitrogen and oxygen atoms in total. The van der Waals surface area contributed by atoms with Crippen LogP contribution in [0.3, 0.4) is 0 Å². The Morgan fingerprint density at radius 3 is 2.00 bits per heavy atom. The fourth-order valence-electron chi connectivity index (χ4n) is 1.52. The molecule has 0 aromatic rings. The van der Waals surface area contributed by atoms with Crippen molar-refractivity contribution in [2.45, 2.75) is 19.9 Å². The van der Waals surface area contributed by atoms with Gasteiger partial charge in [-0.1, -0.05) is 0 Å². The van der Waals surface area contributed by atoms with Crippen LogP contribution in [-0.2, 0) is 0 Å². The highest BCUT2D eigenvalue weighted by Crippen LogP contribution is 2.03. The summed E-state index contributed by atoms with van der Waals surface area (Å²) >= 11 is 0. The summed E-state index contributed by atoms with van der Waals surface area (Å²) in [4.78, 5) is 17.3. The van der Waals surface area contributed by atoms with Crippen LogP contribution in [0.2, 0.25) is 0 Å². The third-order valence-corrected chi connectivity index (χ3v) is 2.13. The normalized spacial score (nSPS) is 12.8. The van der Waals surface area contributed by atoms with Gasteiger partial charge in [-0.2, -0.15) is 0 Å². The van der Waals surface area contributed by atoms with Crippen LogP contribution in [-0.4, -0.2) is 68.1 Å². The van der Waals surface area contributed by atoms with Gasteiger partial charge in [-0.15, -0.1) is 0 Å². The average molecular weight is 201 g/mol. The molecule has 0 saturated carbocycles. The van der Waals surface area contributed by atoms with Gasteiger partial charge in [-0.3, -0.25) is 0 Å². The Labute approximate surface area is 87.5 Å². The van der Waals surface area contributed by atoms with Crippen LogP contribution < -0.4 is 0 Å². The summed E-state index contributed by atoms with van der Waals surface area (Å²) < 4.78 is 0. The molecule has 4 heteroatoms. The van der Waals surface area contributed by atoms with Crippen LogP contribution in [0.25, 0.3) is 0 Å². The molecule has 0 aromatic carbocycles. The topological polar surface area (TPSA) is 26.8 Å². The molecule has 0 saturated heterocycles. The third-order valence-electron chi connectivity index (χ3n) is 2.13. The fraction of sp³-hybridized carbons (Fsp3) is 0.900. The summed E-state index contributed by atoms with van der Waals surface area (Å²) in [7, 11) is 7.61. The van der Waals surface area contributed by atoms with Crippen LogP contribution in [0.5, 0.6) is 0 Å². The highest BCUT2D eigenvalue weighted by Gasteiger charge is 2.19. The van der Waals surface area contributed by atoms with Gasteiger partial charge in [0.05, 0.1) is 0 Å². The van der Waals surface area contributed by atoms with Gasteiger partial charge in [0.1, 0.15) is 0 Å². The molecule has 0 spiro atoms. The van der Waals surface area contributed by atoms with E-state index in [0.29, 0.717) is 0 Å². The lowest BCUT2D eigenvalue weighted by Crippen LogP contribution is -2.47. The number of hydrogen-bond acceptors (Lipinski definition) is 2. The van der Waals surface area contributed by atoms with Crippen molar-refractivity contribution in [3.63, 3.8) is 0 Å².